The van der Waals surface area contributed by atoms with E-state index in [-0.39, 0.29) is 24.8 Å². The number of fused-ring (bicyclic) bond motifs is 1. The van der Waals surface area contributed by atoms with Crippen LogP contribution in [0.15, 0.2) is 60.2 Å². The summed E-state index contributed by atoms with van der Waals surface area (Å²) in [6.07, 6.45) is 1.53. The summed E-state index contributed by atoms with van der Waals surface area (Å²) in [5.41, 5.74) is 2.79. The van der Waals surface area contributed by atoms with Gasteiger partial charge in [-0.15, -0.1) is 11.3 Å². The van der Waals surface area contributed by atoms with E-state index in [1.54, 1.807) is 24.5 Å². The van der Waals surface area contributed by atoms with Crippen LogP contribution in [0, 0.1) is 3.95 Å². The molecule has 1 amide bonds. The molecule has 2 aromatic carbocycles. The number of thiazole rings is 1. The summed E-state index contributed by atoms with van der Waals surface area (Å²) in [6.45, 7) is -0.102. The lowest BCUT2D eigenvalue weighted by Crippen LogP contribution is -2.18. The quantitative estimate of drug-likeness (QED) is 0.364. The fourth-order valence-corrected chi connectivity index (χ4v) is 4.31. The molecule has 4 aromatic rings. The zero-order chi connectivity index (χ0) is 22.0. The molecule has 0 radical (unpaired) electrons. The Morgan fingerprint density at radius 3 is 2.65 bits per heavy atom. The van der Waals surface area contributed by atoms with E-state index in [0.29, 0.717) is 15.2 Å². The maximum atomic E-state index is 12.4. The molecular weight excluding hydrogens is 436 g/mol. The first-order valence-corrected chi connectivity index (χ1v) is 10.6. The van der Waals surface area contributed by atoms with Gasteiger partial charge in [0.05, 0.1) is 35.2 Å². The first-order valence-electron chi connectivity index (χ1n) is 9.33. The minimum absolute atomic E-state index is 0.0512. The molecule has 10 heteroatoms. The molecule has 0 bridgehead atoms. The molecule has 0 aliphatic rings. The number of aromatic hydroxyl groups is 1. The van der Waals surface area contributed by atoms with Crippen molar-refractivity contribution >= 4 is 52.2 Å². The number of anilines is 1. The van der Waals surface area contributed by atoms with Gasteiger partial charge < -0.3 is 20.1 Å². The Kier molecular flexibility index (Phi) is 5.83. The first kappa shape index (κ1) is 20.8. The zero-order valence-electron chi connectivity index (χ0n) is 16.1. The van der Waals surface area contributed by atoms with E-state index in [9.17, 15) is 19.8 Å². The molecule has 0 aliphatic heterocycles. The van der Waals surface area contributed by atoms with Gasteiger partial charge in [0.15, 0.2) is 3.95 Å². The van der Waals surface area contributed by atoms with E-state index in [4.69, 9.17) is 12.2 Å². The van der Waals surface area contributed by atoms with Crippen LogP contribution in [-0.2, 0) is 16.1 Å². The molecule has 1 atom stereocenters. The topological polar surface area (TPSA) is 109 Å². The van der Waals surface area contributed by atoms with Crippen molar-refractivity contribution in [3.05, 3.63) is 69.8 Å². The summed E-state index contributed by atoms with van der Waals surface area (Å²) >= 11 is 6.29. The van der Waals surface area contributed by atoms with Crippen LogP contribution in [0.2, 0.25) is 0 Å². The number of rotatable bonds is 7. The van der Waals surface area contributed by atoms with E-state index in [0.717, 1.165) is 11.1 Å². The van der Waals surface area contributed by atoms with Crippen molar-refractivity contribution in [1.29, 1.82) is 0 Å². The number of nitrogens with one attached hydrogen (secondary N) is 1. The molecule has 3 N–H and O–H groups in total. The number of carbonyl (C=O) groups is 2. The number of carbonyl (C=O) groups excluding carboxylic acids is 1. The second kappa shape index (κ2) is 8.70. The maximum Gasteiger partial charge on any atom is 0.305 e. The average Bonchev–Trinajstić information content (AvgIpc) is 3.30. The fourth-order valence-electron chi connectivity index (χ4n) is 3.39. The van der Waals surface area contributed by atoms with Gasteiger partial charge in [0.1, 0.15) is 6.54 Å². The largest absolute Gasteiger partial charge is 0.494 e. The highest BCUT2D eigenvalue weighted by atomic mass is 32.1. The van der Waals surface area contributed by atoms with Gasteiger partial charge >= 0.3 is 5.97 Å². The predicted octanol–water partition coefficient (Wildman–Crippen LogP) is 4.04. The number of hydrogen-bond donors (Lipinski definition) is 3. The molecule has 2 heterocycles. The maximum absolute atomic E-state index is 12.4. The second-order valence-electron chi connectivity index (χ2n) is 6.87. The summed E-state index contributed by atoms with van der Waals surface area (Å²) in [5.74, 6) is -1.30. The smallest absolute Gasteiger partial charge is 0.305 e. The van der Waals surface area contributed by atoms with Crippen LogP contribution in [0.1, 0.15) is 18.0 Å². The molecule has 4 rings (SSSR count). The van der Waals surface area contributed by atoms with Crippen molar-refractivity contribution in [2.45, 2.75) is 19.0 Å². The summed E-state index contributed by atoms with van der Waals surface area (Å²) in [7, 11) is 0. The highest BCUT2D eigenvalue weighted by Gasteiger charge is 2.20. The predicted molar refractivity (Wildman–Crippen MR) is 120 cm³/mol. The normalized spacial score (nSPS) is 12.0. The monoisotopic (exact) mass is 454 g/mol. The van der Waals surface area contributed by atoms with Gasteiger partial charge in [-0.3, -0.25) is 14.2 Å². The van der Waals surface area contributed by atoms with Crippen molar-refractivity contribution < 1.29 is 19.8 Å². The highest BCUT2D eigenvalue weighted by Crippen LogP contribution is 2.28. The lowest BCUT2D eigenvalue weighted by molar-refractivity contribution is -0.137. The Labute approximate surface area is 186 Å². The van der Waals surface area contributed by atoms with Gasteiger partial charge in [0.25, 0.3) is 0 Å². The number of nitrogens with zero attached hydrogens (tertiary/aromatic N) is 3. The minimum Gasteiger partial charge on any atom is -0.494 e. The molecule has 0 saturated carbocycles. The summed E-state index contributed by atoms with van der Waals surface area (Å²) in [6, 6.07) is 14.2. The van der Waals surface area contributed by atoms with Gasteiger partial charge in [-0.05, 0) is 36.0 Å². The van der Waals surface area contributed by atoms with E-state index >= 15 is 0 Å². The third kappa shape index (κ3) is 4.49. The lowest BCUT2D eigenvalue weighted by atomic mass is 10.0. The SMILES string of the molecule is O=C(O)CC(c1ccccc1)n1cnc2cc(NC(=O)Cn3c(O)csc3=S)ccc21. The third-order valence-corrected chi connectivity index (χ3v) is 6.07. The van der Waals surface area contributed by atoms with Crippen molar-refractivity contribution in [2.75, 3.05) is 5.32 Å². The molecule has 8 nitrogen and oxygen atoms in total. The molecule has 1 unspecified atom stereocenters. The van der Waals surface area contributed by atoms with Crippen LogP contribution < -0.4 is 5.32 Å². The highest BCUT2D eigenvalue weighted by molar-refractivity contribution is 7.73. The number of benzene rings is 2. The fraction of sp³-hybridized carbons (Fsp3) is 0.143. The van der Waals surface area contributed by atoms with Crippen LogP contribution in [0.5, 0.6) is 5.88 Å². The number of aromatic nitrogens is 3. The number of imidazole rings is 1. The number of carboxylic acids is 1. The molecule has 0 aliphatic carbocycles. The molecule has 0 saturated heterocycles. The third-order valence-electron chi connectivity index (χ3n) is 4.81. The van der Waals surface area contributed by atoms with Crippen LogP contribution in [0.25, 0.3) is 11.0 Å². The number of aliphatic carboxylic acids is 1. The van der Waals surface area contributed by atoms with E-state index in [1.165, 1.54) is 21.3 Å². The van der Waals surface area contributed by atoms with Crippen molar-refractivity contribution in [2.24, 2.45) is 0 Å². The average molecular weight is 455 g/mol. The molecule has 0 spiro atoms. The zero-order valence-corrected chi connectivity index (χ0v) is 17.8. The second-order valence-corrected chi connectivity index (χ2v) is 8.38. The van der Waals surface area contributed by atoms with E-state index in [1.807, 2.05) is 34.9 Å². The van der Waals surface area contributed by atoms with Gasteiger partial charge in [-0.1, -0.05) is 30.3 Å². The number of amides is 1. The summed E-state index contributed by atoms with van der Waals surface area (Å²) in [5, 5.41) is 23.4. The van der Waals surface area contributed by atoms with Crippen molar-refractivity contribution in [1.82, 2.24) is 14.1 Å². The molecule has 31 heavy (non-hydrogen) atoms. The molecule has 0 fully saturated rings. The van der Waals surface area contributed by atoms with Crippen LogP contribution in [-0.4, -0.2) is 36.2 Å². The van der Waals surface area contributed by atoms with Gasteiger partial charge in [-0.2, -0.15) is 0 Å². The Balaban J connectivity index is 1.59. The van der Waals surface area contributed by atoms with E-state index < -0.39 is 12.0 Å². The lowest BCUT2D eigenvalue weighted by Gasteiger charge is -2.18. The Bertz CT molecular complexity index is 1310. The molecule has 158 valence electrons. The van der Waals surface area contributed by atoms with Gasteiger partial charge in [-0.25, -0.2) is 4.98 Å². The first-order chi connectivity index (χ1) is 14.9. The standard InChI is InChI=1S/C21H18N4O4S2/c26-18(10-24-19(27)11-31-21(24)30)23-14-6-7-16-15(8-14)22-12-25(16)17(9-20(28)29)13-4-2-1-3-5-13/h1-8,11-12,17,27H,9-10H2,(H,23,26)(H,28,29). The van der Waals surface area contributed by atoms with Crippen molar-refractivity contribution in [3.8, 4) is 5.88 Å². The minimum atomic E-state index is -0.908. The number of carboxylic acid groups (broad SMARTS) is 1. The molecular formula is C21H18N4O4S2. The number of hydrogen-bond acceptors (Lipinski definition) is 6. The van der Waals surface area contributed by atoms with Crippen LogP contribution in [0.3, 0.4) is 0 Å². The Morgan fingerprint density at radius 2 is 1.97 bits per heavy atom. The van der Waals surface area contributed by atoms with E-state index in [2.05, 4.69) is 10.3 Å². The van der Waals surface area contributed by atoms with Gasteiger partial charge in [0, 0.05) is 5.69 Å². The van der Waals surface area contributed by atoms with Gasteiger partial charge in [0.2, 0.25) is 11.8 Å². The van der Waals surface area contributed by atoms with Crippen LogP contribution in [0.4, 0.5) is 5.69 Å². The van der Waals surface area contributed by atoms with Crippen molar-refractivity contribution in [3.63, 3.8) is 0 Å². The summed E-state index contributed by atoms with van der Waals surface area (Å²) in [4.78, 5) is 28.2. The Morgan fingerprint density at radius 1 is 1.19 bits per heavy atom. The molecule has 2 aromatic heterocycles. The summed E-state index contributed by atoms with van der Waals surface area (Å²) < 4.78 is 3.58. The Hall–Kier alpha value is -3.50. The van der Waals surface area contributed by atoms with Crippen LogP contribution >= 0.6 is 23.6 Å².